The molecule has 2 aliphatic rings. The molecule has 12 aromatic rings. The Morgan fingerprint density at radius 3 is 0.905 bits per heavy atom. The van der Waals surface area contributed by atoms with Crippen LogP contribution in [-0.4, -0.2) is 5.43 Å². The molecule has 0 spiro atoms. The zero-order valence-corrected chi connectivity index (χ0v) is 47.3. The molecule has 12 aromatic carbocycles. The van der Waals surface area contributed by atoms with Crippen LogP contribution in [0.2, 0.25) is 13.1 Å². The van der Waals surface area contributed by atoms with Crippen molar-refractivity contribution in [1.82, 2.24) is 0 Å². The Labute approximate surface area is 464 Å². The predicted molar refractivity (Wildman–Crippen MR) is 310 cm³/mol. The molecule has 14 rings (SSSR count). The van der Waals surface area contributed by atoms with Crippen LogP contribution in [0.4, 0.5) is 0 Å². The van der Waals surface area contributed by atoms with Crippen molar-refractivity contribution in [2.45, 2.75) is 64.5 Å². The van der Waals surface area contributed by atoms with Gasteiger partial charge in [-0.05, 0) is 78.9 Å². The fourth-order valence-corrected chi connectivity index (χ4v) is 11.8. The topological polar surface area (TPSA) is 0 Å². The predicted octanol–water partition coefficient (Wildman–Crippen LogP) is 13.9. The van der Waals surface area contributed by atoms with Crippen LogP contribution in [0, 0.1) is 11.8 Å². The first-order valence-electron chi connectivity index (χ1n) is 26.3. The number of halogens is 2. The average molecular weight is 1090 g/mol. The Kier molecular flexibility index (Phi) is 16.0. The van der Waals surface area contributed by atoms with E-state index in [0.29, 0.717) is 0 Å². The van der Waals surface area contributed by atoms with Gasteiger partial charge in [0.1, 0.15) is 0 Å². The Bertz CT molecular complexity index is 3450. The van der Waals surface area contributed by atoms with Gasteiger partial charge in [0.05, 0.1) is 0 Å². The first kappa shape index (κ1) is 51.6. The molecule has 0 amide bonds. The molecule has 364 valence electrons. The quantitative estimate of drug-likeness (QED) is 0.105. The Morgan fingerprint density at radius 1 is 0.351 bits per heavy atom. The number of benzene rings is 10. The van der Waals surface area contributed by atoms with E-state index in [1.807, 2.05) is 0 Å². The van der Waals surface area contributed by atoms with Gasteiger partial charge in [-0.2, -0.15) is 12.1 Å². The second kappa shape index (κ2) is 22.9. The van der Waals surface area contributed by atoms with Crippen molar-refractivity contribution in [2.75, 3.05) is 0 Å². The van der Waals surface area contributed by atoms with Crippen molar-refractivity contribution in [3.05, 3.63) is 230 Å². The van der Waals surface area contributed by atoms with E-state index in [4.69, 9.17) is 0 Å². The Hall–Kier alpha value is -5.86. The van der Waals surface area contributed by atoms with Gasteiger partial charge >= 0.3 is 41.9 Å². The van der Waals surface area contributed by atoms with Gasteiger partial charge in [-0.1, -0.05) is 266 Å². The van der Waals surface area contributed by atoms with Crippen molar-refractivity contribution in [3.63, 3.8) is 0 Å². The van der Waals surface area contributed by atoms with E-state index < -0.39 is 0 Å². The molecule has 74 heavy (non-hydrogen) atoms. The summed E-state index contributed by atoms with van der Waals surface area (Å²) < 4.78 is 0. The summed E-state index contributed by atoms with van der Waals surface area (Å²) in [6.07, 6.45) is 10.7. The number of fused-ring (bicyclic) bond motifs is 6. The number of hydrogen-bond donors (Lipinski definition) is 0. The van der Waals surface area contributed by atoms with Crippen molar-refractivity contribution < 1.29 is 48.1 Å². The SMILES string of the molecule is C[Si](C)=[Zr+2].[Cl-].[Cl-].c1ccc2c(-c3ccc(-c4cccc5ccccc45)c4[cH-]c(CC5CCC5)cc34)cccc2c1.c1ccc2c(-c3ccc(-c4cccc5ccccc45)c4[cH-]c(CC5CCC5)cc34)cccc2c1. The molecule has 0 radical (unpaired) electrons. The van der Waals surface area contributed by atoms with Gasteiger partial charge in [-0.15, -0.1) is 44.8 Å². The monoisotopic (exact) mass is 1090 g/mol. The summed E-state index contributed by atoms with van der Waals surface area (Å²) in [5.74, 6) is 1.72. The summed E-state index contributed by atoms with van der Waals surface area (Å²) in [5, 5.41) is 16.0. The largest absolute Gasteiger partial charge is 1.00 e. The van der Waals surface area contributed by atoms with Gasteiger partial charge in [0, 0.05) is 0 Å². The maximum atomic E-state index is 2.49. The molecular formula is C70H60Cl2SiZr-2. The number of hydrogen-bond acceptors (Lipinski definition) is 0. The molecule has 0 bridgehead atoms. The molecule has 0 saturated heterocycles. The molecule has 0 aromatic heterocycles. The van der Waals surface area contributed by atoms with E-state index >= 15 is 0 Å². The summed E-state index contributed by atoms with van der Waals surface area (Å²) in [6.45, 7) is 4.62. The van der Waals surface area contributed by atoms with E-state index in [1.54, 1.807) is 23.3 Å². The van der Waals surface area contributed by atoms with Crippen LogP contribution < -0.4 is 24.8 Å². The Balaban J connectivity index is 0.000000154. The summed E-state index contributed by atoms with van der Waals surface area (Å²) >= 11 is 1.74. The minimum atomic E-state index is 0. The normalized spacial score (nSPS) is 13.4. The van der Waals surface area contributed by atoms with Crippen LogP contribution in [0.1, 0.15) is 49.7 Å². The Morgan fingerprint density at radius 2 is 0.608 bits per heavy atom. The molecule has 0 atom stereocenters. The van der Waals surface area contributed by atoms with Gasteiger partial charge < -0.3 is 24.8 Å². The second-order valence-corrected chi connectivity index (χ2v) is 30.2. The van der Waals surface area contributed by atoms with Gasteiger partial charge in [-0.25, -0.2) is 0 Å². The molecule has 4 heteroatoms. The van der Waals surface area contributed by atoms with Crippen LogP contribution >= 0.6 is 0 Å². The smallest absolute Gasteiger partial charge is 0.0114 e. The molecule has 0 N–H and O–H groups in total. The van der Waals surface area contributed by atoms with E-state index in [9.17, 15) is 0 Å². The van der Waals surface area contributed by atoms with Crippen LogP contribution in [0.25, 0.3) is 109 Å². The molecule has 2 aliphatic carbocycles. The zero-order valence-electron chi connectivity index (χ0n) is 42.4. The van der Waals surface area contributed by atoms with Crippen molar-refractivity contribution in [1.29, 1.82) is 0 Å². The first-order valence-corrected chi connectivity index (χ1v) is 32.5. The van der Waals surface area contributed by atoms with Crippen LogP contribution in [-0.2, 0) is 36.2 Å². The fraction of sp³-hybridized carbons (Fsp3) is 0.171. The van der Waals surface area contributed by atoms with Crippen molar-refractivity contribution in [3.8, 4) is 44.5 Å². The van der Waals surface area contributed by atoms with E-state index in [2.05, 4.69) is 231 Å². The fourth-order valence-electron chi connectivity index (χ4n) is 11.8. The molecule has 2 fully saturated rings. The second-order valence-electron chi connectivity index (χ2n) is 20.8. The third-order valence-electron chi connectivity index (χ3n) is 15.7. The summed E-state index contributed by atoms with van der Waals surface area (Å²) in [7, 11) is 0. The first-order chi connectivity index (χ1) is 35.4. The molecule has 2 saturated carbocycles. The summed E-state index contributed by atoms with van der Waals surface area (Å²) in [4.78, 5) is 0. The third kappa shape index (κ3) is 10.4. The van der Waals surface area contributed by atoms with E-state index in [1.165, 1.54) is 172 Å². The number of rotatable bonds is 8. The third-order valence-corrected chi connectivity index (χ3v) is 15.7. The zero-order chi connectivity index (χ0) is 48.5. The molecule has 0 heterocycles. The maximum Gasteiger partial charge on any atom is -0.0114 e. The van der Waals surface area contributed by atoms with Gasteiger partial charge in [0.15, 0.2) is 0 Å². The van der Waals surface area contributed by atoms with Crippen LogP contribution in [0.15, 0.2) is 218 Å². The van der Waals surface area contributed by atoms with E-state index in [0.717, 1.165) is 11.8 Å². The molecule has 0 unspecified atom stereocenters. The van der Waals surface area contributed by atoms with Gasteiger partial charge in [0.25, 0.3) is 0 Å². The van der Waals surface area contributed by atoms with Crippen LogP contribution in [0.3, 0.4) is 0 Å². The van der Waals surface area contributed by atoms with Gasteiger partial charge in [-0.3, -0.25) is 0 Å². The standard InChI is InChI=1S/2C34H27.C2H6Si.2ClH.Zr/c2*1-3-14-27-25(10-1)12-6-16-29(27)31-18-19-32(30-17-7-13-26-11-2-4-15-28(26)30)34-22-24(21-33(31)34)20-23-8-5-9-23;1-3-2;;;/h2*1-4,6-7,10-19,21-23H,5,8-9,20H2;1-2H3;2*1H;/q2*-1;;;;+2/p-2. The summed E-state index contributed by atoms with van der Waals surface area (Å²) in [6, 6.07) is 81.2. The van der Waals surface area contributed by atoms with Crippen LogP contribution in [0.5, 0.6) is 0 Å². The summed E-state index contributed by atoms with van der Waals surface area (Å²) in [5.41, 5.74) is 13.9. The van der Waals surface area contributed by atoms with E-state index in [-0.39, 0.29) is 30.2 Å². The minimum absolute atomic E-state index is 0. The van der Waals surface area contributed by atoms with Crippen molar-refractivity contribution >= 4 is 70.1 Å². The van der Waals surface area contributed by atoms with Crippen molar-refractivity contribution in [2.24, 2.45) is 11.8 Å². The molecule has 0 nitrogen and oxygen atoms in total. The molecular weight excluding hydrogens is 1030 g/mol. The maximum absolute atomic E-state index is 2.49. The molecule has 0 aliphatic heterocycles. The average Bonchev–Trinajstić information content (AvgIpc) is 4.03. The minimum Gasteiger partial charge on any atom is -1.00 e. The van der Waals surface area contributed by atoms with Gasteiger partial charge in [0.2, 0.25) is 0 Å².